The molecule has 2 nitrogen and oxygen atoms in total. The van der Waals surface area contributed by atoms with Crippen molar-refractivity contribution in [1.29, 1.82) is 0 Å². The summed E-state index contributed by atoms with van der Waals surface area (Å²) in [6.45, 7) is 0. The van der Waals surface area contributed by atoms with Crippen LogP contribution in [0, 0.1) is 5.92 Å². The maximum atomic E-state index is 12.8. The number of carboxylic acid groups (broad SMARTS) is 1. The molecule has 12 heteroatoms. The van der Waals surface area contributed by atoms with E-state index in [4.69, 9.17) is 5.11 Å². The first-order chi connectivity index (χ1) is 8.07. The van der Waals surface area contributed by atoms with Crippen molar-refractivity contribution in [2.24, 2.45) is 5.92 Å². The fourth-order valence-electron chi connectivity index (χ4n) is 1.52. The van der Waals surface area contributed by atoms with Crippen LogP contribution in [0.25, 0.3) is 0 Å². The van der Waals surface area contributed by atoms with Gasteiger partial charge in [-0.2, -0.15) is 43.9 Å². The Hall–Kier alpha value is -1.23. The fourth-order valence-corrected chi connectivity index (χ4v) is 1.52. The second-order valence-electron chi connectivity index (χ2n) is 3.74. The zero-order chi connectivity index (χ0) is 15.7. The predicted octanol–water partition coefficient (Wildman–Crippen LogP) is 2.88. The average molecular weight is 308 g/mol. The molecule has 0 spiro atoms. The lowest BCUT2D eigenvalue weighted by molar-refractivity contribution is -0.458. The lowest BCUT2D eigenvalue weighted by Gasteiger charge is -2.48. The minimum Gasteiger partial charge on any atom is -0.481 e. The van der Waals surface area contributed by atoms with Crippen molar-refractivity contribution in [3.63, 3.8) is 0 Å². The van der Waals surface area contributed by atoms with Crippen molar-refractivity contribution in [1.82, 2.24) is 0 Å². The number of rotatable bonds is 1. The van der Waals surface area contributed by atoms with Crippen LogP contribution in [-0.2, 0) is 4.79 Å². The summed E-state index contributed by atoms with van der Waals surface area (Å²) in [5.74, 6) is -42.7. The standard InChI is InChI=1S/C7H2F10O2/c8-3(9)1(2(18)19)4(10,11)6(14,15)7(16,17)5(3,12)13/h1H,(H,18,19). The summed E-state index contributed by atoms with van der Waals surface area (Å²) in [5.41, 5.74) is 0. The second kappa shape index (κ2) is 3.45. The lowest BCUT2D eigenvalue weighted by atomic mass is 9.74. The molecule has 0 heterocycles. The van der Waals surface area contributed by atoms with Crippen LogP contribution in [0.15, 0.2) is 0 Å². The monoisotopic (exact) mass is 308 g/mol. The van der Waals surface area contributed by atoms with E-state index in [0.29, 0.717) is 0 Å². The molecule has 0 aromatic rings. The van der Waals surface area contributed by atoms with Crippen LogP contribution in [0.2, 0.25) is 0 Å². The van der Waals surface area contributed by atoms with Gasteiger partial charge in [-0.15, -0.1) is 0 Å². The summed E-state index contributed by atoms with van der Waals surface area (Å²) in [4.78, 5) is 10.1. The van der Waals surface area contributed by atoms with Crippen LogP contribution in [-0.4, -0.2) is 40.7 Å². The van der Waals surface area contributed by atoms with E-state index in [0.717, 1.165) is 0 Å². The van der Waals surface area contributed by atoms with Crippen molar-refractivity contribution < 1.29 is 53.8 Å². The van der Waals surface area contributed by atoms with E-state index in [2.05, 4.69) is 0 Å². The van der Waals surface area contributed by atoms with Gasteiger partial charge in [0.05, 0.1) is 0 Å². The third-order valence-corrected chi connectivity index (χ3v) is 2.60. The summed E-state index contributed by atoms with van der Waals surface area (Å²) >= 11 is 0. The first-order valence-corrected chi connectivity index (χ1v) is 4.18. The van der Waals surface area contributed by atoms with Crippen LogP contribution >= 0.6 is 0 Å². The van der Waals surface area contributed by atoms with Gasteiger partial charge in [-0.1, -0.05) is 0 Å². The normalized spacial score (nSPS) is 30.8. The molecule has 0 amide bonds. The Morgan fingerprint density at radius 3 is 1.16 bits per heavy atom. The van der Waals surface area contributed by atoms with Crippen molar-refractivity contribution in [3.05, 3.63) is 0 Å². The van der Waals surface area contributed by atoms with Crippen LogP contribution in [0.5, 0.6) is 0 Å². The Labute approximate surface area is 96.5 Å². The van der Waals surface area contributed by atoms with E-state index in [9.17, 15) is 48.7 Å². The summed E-state index contributed by atoms with van der Waals surface area (Å²) in [7, 11) is 0. The van der Waals surface area contributed by atoms with E-state index in [-0.39, 0.29) is 0 Å². The zero-order valence-electron chi connectivity index (χ0n) is 8.21. The third kappa shape index (κ3) is 1.42. The molecule has 0 aromatic carbocycles. The van der Waals surface area contributed by atoms with E-state index in [1.165, 1.54) is 0 Å². The Morgan fingerprint density at radius 1 is 0.684 bits per heavy atom. The molecule has 0 unspecified atom stereocenters. The number of carboxylic acids is 1. The van der Waals surface area contributed by atoms with E-state index < -0.39 is 41.5 Å². The maximum Gasteiger partial charge on any atom is 0.384 e. The van der Waals surface area contributed by atoms with Crippen molar-refractivity contribution in [2.75, 3.05) is 0 Å². The number of aliphatic carboxylic acids is 1. The van der Waals surface area contributed by atoms with E-state index in [1.807, 2.05) is 0 Å². The molecule has 1 N–H and O–H groups in total. The van der Waals surface area contributed by atoms with Gasteiger partial charge in [-0.05, 0) is 0 Å². The number of halogens is 10. The number of alkyl halides is 10. The molecule has 1 aliphatic rings. The quantitative estimate of drug-likeness (QED) is 0.756. The minimum atomic E-state index is -7.13. The molecule has 1 rings (SSSR count). The molecule has 1 saturated carbocycles. The summed E-state index contributed by atoms with van der Waals surface area (Å²) < 4.78 is 127. The van der Waals surface area contributed by atoms with Gasteiger partial charge in [0.1, 0.15) is 0 Å². The average Bonchev–Trinajstić information content (AvgIpc) is 2.12. The largest absolute Gasteiger partial charge is 0.481 e. The highest BCUT2D eigenvalue weighted by Gasteiger charge is 2.96. The summed E-state index contributed by atoms with van der Waals surface area (Å²) in [5, 5.41) is 7.97. The Morgan fingerprint density at radius 2 is 0.947 bits per heavy atom. The number of hydrogen-bond donors (Lipinski definition) is 1. The van der Waals surface area contributed by atoms with Gasteiger partial charge >= 0.3 is 35.6 Å². The van der Waals surface area contributed by atoms with Crippen LogP contribution in [0.4, 0.5) is 43.9 Å². The Bertz CT molecular complexity index is 384. The highest BCUT2D eigenvalue weighted by molar-refractivity contribution is 5.74. The third-order valence-electron chi connectivity index (χ3n) is 2.60. The molecular weight excluding hydrogens is 306 g/mol. The lowest BCUT2D eigenvalue weighted by Crippen LogP contribution is -2.78. The van der Waals surface area contributed by atoms with Gasteiger partial charge in [0.25, 0.3) is 0 Å². The Balaban J connectivity index is 3.70. The molecule has 0 saturated heterocycles. The number of carbonyl (C=O) groups is 1. The highest BCUT2D eigenvalue weighted by Crippen LogP contribution is 2.66. The molecule has 0 atom stereocenters. The second-order valence-corrected chi connectivity index (χ2v) is 3.74. The molecule has 0 radical (unpaired) electrons. The molecule has 19 heavy (non-hydrogen) atoms. The van der Waals surface area contributed by atoms with Crippen LogP contribution in [0.1, 0.15) is 0 Å². The van der Waals surface area contributed by atoms with Gasteiger partial charge < -0.3 is 5.11 Å². The summed E-state index contributed by atoms with van der Waals surface area (Å²) in [6.07, 6.45) is 0. The smallest absolute Gasteiger partial charge is 0.384 e. The predicted molar refractivity (Wildman–Crippen MR) is 35.9 cm³/mol. The van der Waals surface area contributed by atoms with Gasteiger partial charge in [0.15, 0.2) is 5.92 Å². The van der Waals surface area contributed by atoms with Crippen molar-refractivity contribution >= 4 is 5.97 Å². The van der Waals surface area contributed by atoms with E-state index in [1.54, 1.807) is 0 Å². The topological polar surface area (TPSA) is 37.3 Å². The van der Waals surface area contributed by atoms with Crippen LogP contribution < -0.4 is 0 Å². The fraction of sp³-hybridized carbons (Fsp3) is 0.857. The molecule has 0 aromatic heterocycles. The summed E-state index contributed by atoms with van der Waals surface area (Å²) in [6, 6.07) is 0. The number of hydrogen-bond acceptors (Lipinski definition) is 1. The SMILES string of the molecule is O=C(O)C1C(F)(F)C(F)(F)C(F)(F)C(F)(F)C1(F)F. The maximum absolute atomic E-state index is 12.8. The molecule has 1 fully saturated rings. The first kappa shape index (κ1) is 15.8. The zero-order valence-corrected chi connectivity index (χ0v) is 8.21. The van der Waals surface area contributed by atoms with Gasteiger partial charge in [0, 0.05) is 0 Å². The molecule has 112 valence electrons. The van der Waals surface area contributed by atoms with Crippen LogP contribution in [0.3, 0.4) is 0 Å². The van der Waals surface area contributed by atoms with Gasteiger partial charge in [0.2, 0.25) is 0 Å². The Kier molecular flexibility index (Phi) is 2.87. The van der Waals surface area contributed by atoms with Gasteiger partial charge in [-0.3, -0.25) is 4.79 Å². The van der Waals surface area contributed by atoms with Crippen molar-refractivity contribution in [2.45, 2.75) is 29.6 Å². The molecule has 1 aliphatic carbocycles. The van der Waals surface area contributed by atoms with E-state index >= 15 is 0 Å². The van der Waals surface area contributed by atoms with Crippen molar-refractivity contribution in [3.8, 4) is 0 Å². The molecule has 0 aliphatic heterocycles. The van der Waals surface area contributed by atoms with Gasteiger partial charge in [-0.25, -0.2) is 0 Å². The first-order valence-electron chi connectivity index (χ1n) is 4.18. The minimum absolute atomic E-state index is 3.45. The highest BCUT2D eigenvalue weighted by atomic mass is 19.4. The molecule has 0 bridgehead atoms. The molecular formula is C7H2F10O2.